The van der Waals surface area contributed by atoms with E-state index in [-0.39, 0.29) is 6.09 Å². The monoisotopic (exact) mass is 227 g/mol. The van der Waals surface area contributed by atoms with Crippen molar-refractivity contribution in [3.05, 3.63) is 11.8 Å². The topological polar surface area (TPSA) is 38.8 Å². The first-order chi connectivity index (χ1) is 7.31. The van der Waals surface area contributed by atoms with Crippen molar-refractivity contribution in [2.75, 3.05) is 20.2 Å². The highest BCUT2D eigenvalue weighted by Gasteiger charge is 2.26. The van der Waals surface area contributed by atoms with Gasteiger partial charge in [-0.05, 0) is 32.8 Å². The van der Waals surface area contributed by atoms with Gasteiger partial charge in [0.15, 0.2) is 0 Å². The summed E-state index contributed by atoms with van der Waals surface area (Å²) in [5.41, 5.74) is -0.450. The predicted octanol–water partition coefficient (Wildman–Crippen LogP) is 2.40. The molecule has 0 N–H and O–H groups in total. The molecule has 0 radical (unpaired) electrons. The summed E-state index contributed by atoms with van der Waals surface area (Å²) < 4.78 is 10.5. The second-order valence-electron chi connectivity index (χ2n) is 5.18. The molecule has 0 spiro atoms. The normalized spacial score (nSPS) is 21.4. The summed E-state index contributed by atoms with van der Waals surface area (Å²) in [5, 5.41) is 0. The van der Waals surface area contributed by atoms with Gasteiger partial charge in [0.2, 0.25) is 0 Å². The number of nitrogens with zero attached hydrogens (tertiary/aromatic N) is 1. The molecule has 1 amide bonds. The Morgan fingerprint density at radius 3 is 2.62 bits per heavy atom. The molecule has 4 heteroatoms. The molecule has 1 unspecified atom stereocenters. The maximum absolute atomic E-state index is 11.8. The molecule has 1 aliphatic rings. The van der Waals surface area contributed by atoms with E-state index in [9.17, 15) is 4.79 Å². The quantitative estimate of drug-likeness (QED) is 0.690. The summed E-state index contributed by atoms with van der Waals surface area (Å²) >= 11 is 0. The number of hydrogen-bond acceptors (Lipinski definition) is 3. The molecule has 0 aromatic carbocycles. The van der Waals surface area contributed by atoms with Crippen LogP contribution in [0.2, 0.25) is 0 Å². The van der Waals surface area contributed by atoms with Crippen molar-refractivity contribution < 1.29 is 14.3 Å². The van der Waals surface area contributed by atoms with Crippen LogP contribution in [-0.2, 0) is 9.47 Å². The van der Waals surface area contributed by atoms with Crippen LogP contribution < -0.4 is 0 Å². The van der Waals surface area contributed by atoms with Crippen LogP contribution in [0.25, 0.3) is 0 Å². The van der Waals surface area contributed by atoms with Crippen molar-refractivity contribution in [3.8, 4) is 0 Å². The molecule has 0 saturated carbocycles. The predicted molar refractivity (Wildman–Crippen MR) is 62.1 cm³/mol. The molecule has 0 saturated heterocycles. The highest BCUT2D eigenvalue weighted by molar-refractivity contribution is 5.68. The maximum Gasteiger partial charge on any atom is 0.410 e. The van der Waals surface area contributed by atoms with E-state index in [0.717, 1.165) is 5.76 Å². The lowest BCUT2D eigenvalue weighted by molar-refractivity contribution is 0.0206. The van der Waals surface area contributed by atoms with Crippen LogP contribution in [0.3, 0.4) is 0 Å². The summed E-state index contributed by atoms with van der Waals surface area (Å²) in [6.45, 7) is 8.83. The first-order valence-electron chi connectivity index (χ1n) is 5.54. The molecule has 1 atom stereocenters. The fourth-order valence-corrected chi connectivity index (χ4v) is 1.62. The van der Waals surface area contributed by atoms with E-state index in [0.29, 0.717) is 19.0 Å². The lowest BCUT2D eigenvalue weighted by Crippen LogP contribution is -2.42. The van der Waals surface area contributed by atoms with E-state index < -0.39 is 5.60 Å². The summed E-state index contributed by atoms with van der Waals surface area (Å²) in [6, 6.07) is 0. The zero-order valence-corrected chi connectivity index (χ0v) is 10.7. The standard InChI is InChI=1S/C12H21NO3/c1-9-6-10(15-5)8-13(7-9)11(14)16-12(2,3)4/h6,9H,7-8H2,1-5H3. The smallest absolute Gasteiger partial charge is 0.410 e. The molecule has 0 aromatic rings. The molecule has 1 aliphatic heterocycles. The van der Waals surface area contributed by atoms with Gasteiger partial charge in [-0.1, -0.05) is 6.92 Å². The lowest BCUT2D eigenvalue weighted by Gasteiger charge is -2.32. The number of carbonyl (C=O) groups is 1. The third kappa shape index (κ3) is 3.76. The highest BCUT2D eigenvalue weighted by atomic mass is 16.6. The van der Waals surface area contributed by atoms with Crippen LogP contribution in [0, 0.1) is 5.92 Å². The first-order valence-corrected chi connectivity index (χ1v) is 5.54. The molecule has 0 fully saturated rings. The van der Waals surface area contributed by atoms with Gasteiger partial charge in [-0.3, -0.25) is 0 Å². The van der Waals surface area contributed by atoms with Gasteiger partial charge in [0, 0.05) is 6.54 Å². The van der Waals surface area contributed by atoms with E-state index in [1.165, 1.54) is 0 Å². The van der Waals surface area contributed by atoms with Crippen molar-refractivity contribution in [2.24, 2.45) is 5.92 Å². The van der Waals surface area contributed by atoms with Crippen LogP contribution >= 0.6 is 0 Å². The van der Waals surface area contributed by atoms with Crippen LogP contribution in [0.15, 0.2) is 11.8 Å². The minimum absolute atomic E-state index is 0.276. The fraction of sp³-hybridized carbons (Fsp3) is 0.750. The average Bonchev–Trinajstić information content (AvgIpc) is 2.14. The third-order valence-corrected chi connectivity index (χ3v) is 2.24. The summed E-state index contributed by atoms with van der Waals surface area (Å²) in [5.74, 6) is 1.13. The Balaban J connectivity index is 2.62. The maximum atomic E-state index is 11.8. The highest BCUT2D eigenvalue weighted by Crippen LogP contribution is 2.18. The SMILES string of the molecule is COC1=CC(C)CN(C(=O)OC(C)(C)C)C1. The second-order valence-corrected chi connectivity index (χ2v) is 5.18. The number of amides is 1. The van der Waals surface area contributed by atoms with Crippen molar-refractivity contribution in [3.63, 3.8) is 0 Å². The van der Waals surface area contributed by atoms with Crippen molar-refractivity contribution in [1.29, 1.82) is 0 Å². The number of carbonyl (C=O) groups excluding carboxylic acids is 1. The fourth-order valence-electron chi connectivity index (χ4n) is 1.62. The number of methoxy groups -OCH3 is 1. The van der Waals surface area contributed by atoms with Gasteiger partial charge >= 0.3 is 6.09 Å². The molecule has 16 heavy (non-hydrogen) atoms. The zero-order chi connectivity index (χ0) is 12.3. The minimum Gasteiger partial charge on any atom is -0.500 e. The molecule has 4 nitrogen and oxygen atoms in total. The Hall–Kier alpha value is -1.19. The Morgan fingerprint density at radius 2 is 2.12 bits per heavy atom. The lowest BCUT2D eigenvalue weighted by atomic mass is 10.1. The van der Waals surface area contributed by atoms with Crippen LogP contribution in [0.4, 0.5) is 4.79 Å². The van der Waals surface area contributed by atoms with E-state index in [1.807, 2.05) is 26.8 Å². The summed E-state index contributed by atoms with van der Waals surface area (Å²) in [7, 11) is 1.62. The minimum atomic E-state index is -0.450. The van der Waals surface area contributed by atoms with Gasteiger partial charge in [-0.15, -0.1) is 0 Å². The first kappa shape index (κ1) is 12.9. The molecule has 0 bridgehead atoms. The molecule has 92 valence electrons. The van der Waals surface area contributed by atoms with Crippen molar-refractivity contribution >= 4 is 6.09 Å². The van der Waals surface area contributed by atoms with Crippen LogP contribution in [0.1, 0.15) is 27.7 Å². The van der Waals surface area contributed by atoms with Gasteiger partial charge in [0.1, 0.15) is 11.4 Å². The van der Waals surface area contributed by atoms with E-state index in [2.05, 4.69) is 6.92 Å². The van der Waals surface area contributed by atoms with Crippen molar-refractivity contribution in [1.82, 2.24) is 4.90 Å². The Kier molecular flexibility index (Phi) is 3.83. The van der Waals surface area contributed by atoms with Crippen LogP contribution in [0.5, 0.6) is 0 Å². The number of hydrogen-bond donors (Lipinski definition) is 0. The van der Waals surface area contributed by atoms with Gasteiger partial charge in [0.25, 0.3) is 0 Å². The molecular weight excluding hydrogens is 206 g/mol. The summed E-state index contributed by atoms with van der Waals surface area (Å²) in [6.07, 6.45) is 1.77. The molecule has 1 rings (SSSR count). The Labute approximate surface area is 97.2 Å². The molecule has 0 aromatic heterocycles. The molecule has 1 heterocycles. The van der Waals surface area contributed by atoms with Gasteiger partial charge in [0.05, 0.1) is 13.7 Å². The molecule has 0 aliphatic carbocycles. The third-order valence-electron chi connectivity index (χ3n) is 2.24. The van der Waals surface area contributed by atoms with E-state index in [1.54, 1.807) is 12.0 Å². The van der Waals surface area contributed by atoms with E-state index >= 15 is 0 Å². The summed E-state index contributed by atoms with van der Waals surface area (Å²) in [4.78, 5) is 13.5. The van der Waals surface area contributed by atoms with Gasteiger partial charge < -0.3 is 14.4 Å². The van der Waals surface area contributed by atoms with Gasteiger partial charge in [-0.25, -0.2) is 4.79 Å². The number of rotatable bonds is 1. The van der Waals surface area contributed by atoms with Crippen molar-refractivity contribution in [2.45, 2.75) is 33.3 Å². The zero-order valence-electron chi connectivity index (χ0n) is 10.7. The number of ether oxygens (including phenoxy) is 2. The average molecular weight is 227 g/mol. The Bertz CT molecular complexity index is 291. The largest absolute Gasteiger partial charge is 0.500 e. The molecular formula is C12H21NO3. The second kappa shape index (κ2) is 4.76. The van der Waals surface area contributed by atoms with Gasteiger partial charge in [-0.2, -0.15) is 0 Å². The van der Waals surface area contributed by atoms with E-state index in [4.69, 9.17) is 9.47 Å². The Morgan fingerprint density at radius 1 is 1.50 bits per heavy atom. The van der Waals surface area contributed by atoms with Crippen LogP contribution in [-0.4, -0.2) is 36.8 Å².